The van der Waals surface area contributed by atoms with Crippen LogP contribution in [0.2, 0.25) is 0 Å². The molecule has 1 aromatic heterocycles. The van der Waals surface area contributed by atoms with Crippen LogP contribution in [0.15, 0.2) is 36.7 Å². The van der Waals surface area contributed by atoms with Crippen LogP contribution in [-0.4, -0.2) is 20.7 Å². The van der Waals surface area contributed by atoms with E-state index < -0.39 is 0 Å². The van der Waals surface area contributed by atoms with Crippen molar-refractivity contribution >= 4 is 5.78 Å². The van der Waals surface area contributed by atoms with Gasteiger partial charge in [0, 0.05) is 18.0 Å². The molecule has 15 heavy (non-hydrogen) atoms. The first kappa shape index (κ1) is 9.45. The lowest BCUT2D eigenvalue weighted by molar-refractivity contribution is 0.101. The Hall–Kier alpha value is -2.10. The SMILES string of the molecule is CC(=O)c1cc(O)ccc1-n1cccn1. The fourth-order valence-corrected chi connectivity index (χ4v) is 1.42. The van der Waals surface area contributed by atoms with Gasteiger partial charge >= 0.3 is 0 Å². The number of rotatable bonds is 2. The average Bonchev–Trinajstić information content (AvgIpc) is 2.70. The molecule has 0 fully saturated rings. The predicted molar refractivity (Wildman–Crippen MR) is 55.2 cm³/mol. The smallest absolute Gasteiger partial charge is 0.162 e. The van der Waals surface area contributed by atoms with Gasteiger partial charge in [-0.05, 0) is 31.2 Å². The van der Waals surface area contributed by atoms with Crippen LogP contribution in [-0.2, 0) is 0 Å². The van der Waals surface area contributed by atoms with Gasteiger partial charge in [0.05, 0.1) is 5.69 Å². The molecule has 1 heterocycles. The van der Waals surface area contributed by atoms with E-state index in [-0.39, 0.29) is 11.5 Å². The highest BCUT2D eigenvalue weighted by atomic mass is 16.3. The molecule has 2 aromatic rings. The Bertz CT molecular complexity index is 489. The number of carbonyl (C=O) groups is 1. The summed E-state index contributed by atoms with van der Waals surface area (Å²) in [6.45, 7) is 1.46. The van der Waals surface area contributed by atoms with Gasteiger partial charge in [-0.3, -0.25) is 4.79 Å². The predicted octanol–water partition coefficient (Wildman–Crippen LogP) is 1.78. The van der Waals surface area contributed by atoms with E-state index in [9.17, 15) is 9.90 Å². The summed E-state index contributed by atoms with van der Waals surface area (Å²) < 4.78 is 1.59. The van der Waals surface area contributed by atoms with Gasteiger partial charge in [-0.1, -0.05) is 0 Å². The molecule has 0 bridgehead atoms. The third-order valence-corrected chi connectivity index (χ3v) is 2.11. The van der Waals surface area contributed by atoms with Gasteiger partial charge in [-0.15, -0.1) is 0 Å². The molecule has 0 aliphatic heterocycles. The van der Waals surface area contributed by atoms with Gasteiger partial charge in [0.2, 0.25) is 0 Å². The highest BCUT2D eigenvalue weighted by Gasteiger charge is 2.09. The van der Waals surface area contributed by atoms with Crippen LogP contribution in [0.5, 0.6) is 5.75 Å². The molecule has 0 aliphatic carbocycles. The van der Waals surface area contributed by atoms with Crippen molar-refractivity contribution in [2.45, 2.75) is 6.92 Å². The first-order valence-electron chi connectivity index (χ1n) is 4.52. The molecule has 76 valence electrons. The van der Waals surface area contributed by atoms with Gasteiger partial charge in [-0.25, -0.2) is 4.68 Å². The van der Waals surface area contributed by atoms with Crippen molar-refractivity contribution in [3.8, 4) is 11.4 Å². The molecule has 0 spiro atoms. The third kappa shape index (κ3) is 1.74. The summed E-state index contributed by atoms with van der Waals surface area (Å²) in [5, 5.41) is 13.3. The fraction of sp³-hybridized carbons (Fsp3) is 0.0909. The second-order valence-corrected chi connectivity index (χ2v) is 3.21. The quantitative estimate of drug-likeness (QED) is 0.755. The topological polar surface area (TPSA) is 55.1 Å². The number of phenols is 1. The minimum absolute atomic E-state index is 0.0797. The van der Waals surface area contributed by atoms with Crippen molar-refractivity contribution in [1.29, 1.82) is 0 Å². The number of Topliss-reactive ketones (excluding diaryl/α,β-unsaturated/α-hetero) is 1. The summed E-state index contributed by atoms with van der Waals surface area (Å²) in [4.78, 5) is 11.4. The molecule has 0 aliphatic rings. The van der Waals surface area contributed by atoms with Crippen LogP contribution >= 0.6 is 0 Å². The van der Waals surface area contributed by atoms with E-state index in [1.807, 2.05) is 0 Å². The number of aromatic hydroxyl groups is 1. The monoisotopic (exact) mass is 202 g/mol. The molecule has 4 heteroatoms. The van der Waals surface area contributed by atoms with Crippen molar-refractivity contribution in [3.05, 3.63) is 42.2 Å². The van der Waals surface area contributed by atoms with E-state index in [1.54, 1.807) is 29.2 Å². The zero-order valence-corrected chi connectivity index (χ0v) is 8.21. The maximum atomic E-state index is 11.4. The normalized spacial score (nSPS) is 10.2. The maximum absolute atomic E-state index is 11.4. The fourth-order valence-electron chi connectivity index (χ4n) is 1.42. The molecule has 0 unspecified atom stereocenters. The second kappa shape index (κ2) is 3.57. The molecule has 0 radical (unpaired) electrons. The molecule has 4 nitrogen and oxygen atoms in total. The first-order chi connectivity index (χ1) is 7.18. The summed E-state index contributed by atoms with van der Waals surface area (Å²) >= 11 is 0. The van der Waals surface area contributed by atoms with Crippen LogP contribution in [0.1, 0.15) is 17.3 Å². The molecule has 1 N–H and O–H groups in total. The summed E-state index contributed by atoms with van der Waals surface area (Å²) in [6, 6.07) is 6.42. The number of nitrogens with zero attached hydrogens (tertiary/aromatic N) is 2. The van der Waals surface area contributed by atoms with E-state index in [4.69, 9.17) is 0 Å². The molecular weight excluding hydrogens is 192 g/mol. The molecule has 2 rings (SSSR count). The number of hydrogen-bond donors (Lipinski definition) is 1. The highest BCUT2D eigenvalue weighted by Crippen LogP contribution is 2.20. The molecular formula is C11H10N2O2. The lowest BCUT2D eigenvalue weighted by Gasteiger charge is -2.07. The Balaban J connectivity index is 2.61. The zero-order valence-electron chi connectivity index (χ0n) is 8.21. The molecule has 0 saturated carbocycles. The van der Waals surface area contributed by atoms with Crippen molar-refractivity contribution in [2.75, 3.05) is 0 Å². The van der Waals surface area contributed by atoms with E-state index in [1.165, 1.54) is 19.1 Å². The van der Waals surface area contributed by atoms with Gasteiger partial charge < -0.3 is 5.11 Å². The Morgan fingerprint density at radius 3 is 2.87 bits per heavy atom. The van der Waals surface area contributed by atoms with E-state index in [0.29, 0.717) is 11.3 Å². The van der Waals surface area contributed by atoms with Crippen molar-refractivity contribution in [1.82, 2.24) is 9.78 Å². The Morgan fingerprint density at radius 1 is 1.47 bits per heavy atom. The van der Waals surface area contributed by atoms with Gasteiger partial charge in [0.1, 0.15) is 5.75 Å². The van der Waals surface area contributed by atoms with E-state index in [0.717, 1.165) is 0 Å². The Labute approximate surface area is 86.8 Å². The Morgan fingerprint density at radius 2 is 2.27 bits per heavy atom. The van der Waals surface area contributed by atoms with E-state index in [2.05, 4.69) is 5.10 Å². The lowest BCUT2D eigenvalue weighted by atomic mass is 10.1. The summed E-state index contributed by atoms with van der Waals surface area (Å²) in [5.74, 6) is -0.0208. The number of carbonyl (C=O) groups excluding carboxylic acids is 1. The van der Waals surface area contributed by atoms with E-state index >= 15 is 0 Å². The standard InChI is InChI=1S/C11H10N2O2/c1-8(14)10-7-9(15)3-4-11(10)13-6-2-5-12-13/h2-7,15H,1H3. The summed E-state index contributed by atoms with van der Waals surface area (Å²) in [7, 11) is 0. The van der Waals surface area contributed by atoms with Crippen LogP contribution in [0.25, 0.3) is 5.69 Å². The number of hydrogen-bond acceptors (Lipinski definition) is 3. The van der Waals surface area contributed by atoms with Crippen LogP contribution in [0, 0.1) is 0 Å². The largest absolute Gasteiger partial charge is 0.508 e. The first-order valence-corrected chi connectivity index (χ1v) is 4.52. The van der Waals surface area contributed by atoms with Crippen molar-refractivity contribution in [3.63, 3.8) is 0 Å². The lowest BCUT2D eigenvalue weighted by Crippen LogP contribution is -2.03. The molecule has 0 atom stereocenters. The van der Waals surface area contributed by atoms with Crippen molar-refractivity contribution < 1.29 is 9.90 Å². The maximum Gasteiger partial charge on any atom is 0.162 e. The molecule has 1 aromatic carbocycles. The van der Waals surface area contributed by atoms with Crippen LogP contribution in [0.4, 0.5) is 0 Å². The summed E-state index contributed by atoms with van der Waals surface area (Å²) in [6.07, 6.45) is 3.38. The van der Waals surface area contributed by atoms with Crippen LogP contribution in [0.3, 0.4) is 0 Å². The highest BCUT2D eigenvalue weighted by molar-refractivity contribution is 5.98. The van der Waals surface area contributed by atoms with Gasteiger partial charge in [-0.2, -0.15) is 5.10 Å². The number of benzene rings is 1. The number of aromatic nitrogens is 2. The van der Waals surface area contributed by atoms with Gasteiger partial charge in [0.15, 0.2) is 5.78 Å². The number of ketones is 1. The minimum Gasteiger partial charge on any atom is -0.508 e. The molecule has 0 saturated heterocycles. The zero-order chi connectivity index (χ0) is 10.8. The van der Waals surface area contributed by atoms with Gasteiger partial charge in [0.25, 0.3) is 0 Å². The minimum atomic E-state index is -0.101. The van der Waals surface area contributed by atoms with Crippen LogP contribution < -0.4 is 0 Å². The Kier molecular flexibility index (Phi) is 2.25. The second-order valence-electron chi connectivity index (χ2n) is 3.21. The summed E-state index contributed by atoms with van der Waals surface area (Å²) in [5.41, 5.74) is 1.13. The molecule has 0 amide bonds. The number of phenolic OH excluding ortho intramolecular Hbond substituents is 1. The van der Waals surface area contributed by atoms with Crippen molar-refractivity contribution in [2.24, 2.45) is 0 Å². The third-order valence-electron chi connectivity index (χ3n) is 2.11. The average molecular weight is 202 g/mol.